The zero-order chi connectivity index (χ0) is 17.8. The van der Waals surface area contributed by atoms with Crippen molar-refractivity contribution >= 4 is 25.7 Å². The number of carbonyl (C=O) groups excluding carboxylic acids is 1. The minimum absolute atomic E-state index is 0. The van der Waals surface area contributed by atoms with E-state index in [0.29, 0.717) is 0 Å². The molecule has 2 atom stereocenters. The van der Waals surface area contributed by atoms with Gasteiger partial charge in [-0.2, -0.15) is 4.39 Å². The first kappa shape index (κ1) is 22.7. The Labute approximate surface area is 157 Å². The second-order valence-corrected chi connectivity index (χ2v) is 5.21. The fourth-order valence-corrected chi connectivity index (χ4v) is 1.89. The van der Waals surface area contributed by atoms with Crippen LogP contribution in [0.5, 0.6) is 0 Å². The van der Waals surface area contributed by atoms with Gasteiger partial charge in [0.05, 0.1) is 5.56 Å². The summed E-state index contributed by atoms with van der Waals surface area (Å²) in [6, 6.07) is 6.37. The molecule has 0 amide bonds. The van der Waals surface area contributed by atoms with Gasteiger partial charge in [-0.05, 0) is 12.1 Å². The molecule has 0 saturated heterocycles. The van der Waals surface area contributed by atoms with Crippen molar-refractivity contribution < 1.29 is 83.6 Å². The van der Waals surface area contributed by atoms with Crippen LogP contribution in [0, 0.1) is 0 Å². The van der Waals surface area contributed by atoms with E-state index in [-0.39, 0.29) is 36.5 Å². The van der Waals surface area contributed by atoms with Crippen LogP contribution >= 0.6 is 7.82 Å². The predicted molar refractivity (Wildman–Crippen MR) is 69.0 cm³/mol. The van der Waals surface area contributed by atoms with Crippen LogP contribution < -0.4 is 29.6 Å². The topological polar surface area (TPSA) is 168 Å². The standard InChI is InChI=1S/C11H10FO10P.Na.H/c12-11(10(16)17,7(8(13)14)22-23(18,19)20)21-9(15)6-4-2-1-3-5-6;;/h1-5,7H,(H,13,14)(H,16,17)(H2,18,19,20);;/q;+1;-1. The van der Waals surface area contributed by atoms with Crippen LogP contribution in [0.1, 0.15) is 11.8 Å². The predicted octanol–water partition coefficient (Wildman–Crippen LogP) is -2.73. The second-order valence-electron chi connectivity index (χ2n) is 4.02. The number of hydrogen-bond acceptors (Lipinski definition) is 6. The molecule has 2 unspecified atom stereocenters. The van der Waals surface area contributed by atoms with E-state index in [1.165, 1.54) is 18.2 Å². The number of phosphoric ester groups is 1. The third-order valence-electron chi connectivity index (χ3n) is 2.35. The van der Waals surface area contributed by atoms with Gasteiger partial charge in [0, 0.05) is 0 Å². The summed E-state index contributed by atoms with van der Waals surface area (Å²) >= 11 is 0. The first-order valence-electron chi connectivity index (χ1n) is 5.65. The number of aliphatic carboxylic acids is 2. The molecule has 1 rings (SSSR count). The number of alkyl halides is 1. The van der Waals surface area contributed by atoms with E-state index in [0.717, 1.165) is 12.1 Å². The molecule has 0 heterocycles. The monoisotopic (exact) mass is 376 g/mol. The molecule has 1 aromatic rings. The van der Waals surface area contributed by atoms with Crippen molar-refractivity contribution in [2.45, 2.75) is 12.0 Å². The Hall–Kier alpha value is -1.33. The zero-order valence-electron chi connectivity index (χ0n) is 13.0. The maximum Gasteiger partial charge on any atom is 1.00 e. The first-order valence-corrected chi connectivity index (χ1v) is 7.18. The maximum absolute atomic E-state index is 14.4. The summed E-state index contributed by atoms with van der Waals surface area (Å²) in [6.45, 7) is 0. The molecule has 10 nitrogen and oxygen atoms in total. The van der Waals surface area contributed by atoms with Gasteiger partial charge < -0.3 is 26.2 Å². The van der Waals surface area contributed by atoms with E-state index in [1.807, 2.05) is 0 Å². The van der Waals surface area contributed by atoms with Gasteiger partial charge in [0.25, 0.3) is 0 Å². The largest absolute Gasteiger partial charge is 1.00 e. The summed E-state index contributed by atoms with van der Waals surface area (Å²) in [5.74, 6) is -11.0. The summed E-state index contributed by atoms with van der Waals surface area (Å²) in [5.41, 5.74) is -0.323. The Morgan fingerprint density at radius 1 is 1.17 bits per heavy atom. The van der Waals surface area contributed by atoms with E-state index in [4.69, 9.17) is 20.0 Å². The Balaban J connectivity index is 0. The molecule has 24 heavy (non-hydrogen) atoms. The molecule has 0 spiro atoms. The molecule has 128 valence electrons. The Morgan fingerprint density at radius 3 is 2.04 bits per heavy atom. The van der Waals surface area contributed by atoms with Crippen LogP contribution in [-0.2, 0) is 23.4 Å². The molecule has 0 aromatic heterocycles. The molecule has 0 radical (unpaired) electrons. The molecule has 0 bridgehead atoms. The van der Waals surface area contributed by atoms with Gasteiger partial charge in [0.2, 0.25) is 6.10 Å². The molecule has 0 aliphatic heterocycles. The number of rotatable bonds is 7. The van der Waals surface area contributed by atoms with E-state index >= 15 is 0 Å². The normalized spacial score (nSPS) is 14.6. The minimum Gasteiger partial charge on any atom is -1.00 e. The Morgan fingerprint density at radius 2 is 1.67 bits per heavy atom. The van der Waals surface area contributed by atoms with Gasteiger partial charge >= 0.3 is 61.1 Å². The van der Waals surface area contributed by atoms with Gasteiger partial charge in [0.15, 0.2) is 0 Å². The molecule has 0 fully saturated rings. The Bertz CT molecular complexity index is 668. The van der Waals surface area contributed by atoms with Gasteiger partial charge in [-0.1, -0.05) is 18.2 Å². The molecular weight excluding hydrogens is 365 g/mol. The SMILES string of the molecule is O=C(OC(F)(C(=O)O)C(OP(=O)(O)O)C(=O)O)c1ccccc1.[H-].[Na+]. The van der Waals surface area contributed by atoms with Crippen LogP contribution in [0.3, 0.4) is 0 Å². The average Bonchev–Trinajstić information content (AvgIpc) is 2.44. The van der Waals surface area contributed by atoms with Crippen LogP contribution in [0.2, 0.25) is 0 Å². The van der Waals surface area contributed by atoms with E-state index < -0.39 is 37.7 Å². The van der Waals surface area contributed by atoms with Gasteiger partial charge in [-0.15, -0.1) is 0 Å². The van der Waals surface area contributed by atoms with Crippen molar-refractivity contribution in [3.63, 3.8) is 0 Å². The summed E-state index contributed by atoms with van der Waals surface area (Å²) < 4.78 is 32.7. The van der Waals surface area contributed by atoms with E-state index in [1.54, 1.807) is 0 Å². The van der Waals surface area contributed by atoms with Crippen LogP contribution in [0.25, 0.3) is 0 Å². The third kappa shape index (κ3) is 5.95. The van der Waals surface area contributed by atoms with Crippen LogP contribution in [0.4, 0.5) is 4.39 Å². The summed E-state index contributed by atoms with van der Waals surface area (Å²) in [7, 11) is -5.60. The summed E-state index contributed by atoms with van der Waals surface area (Å²) in [4.78, 5) is 50.7. The Kier molecular flexibility index (Phi) is 8.19. The van der Waals surface area contributed by atoms with Gasteiger partial charge in [-0.3, -0.25) is 4.52 Å². The number of benzene rings is 1. The molecule has 13 heteroatoms. The number of halogens is 1. The maximum atomic E-state index is 14.4. The number of phosphoric acid groups is 1. The van der Waals surface area contributed by atoms with E-state index in [2.05, 4.69) is 9.26 Å². The fraction of sp³-hybridized carbons (Fsp3) is 0.182. The van der Waals surface area contributed by atoms with Crippen LogP contribution in [0.15, 0.2) is 30.3 Å². The average molecular weight is 376 g/mol. The third-order valence-corrected chi connectivity index (χ3v) is 2.83. The summed E-state index contributed by atoms with van der Waals surface area (Å²) in [5, 5.41) is 17.5. The number of carboxylic acids is 2. The first-order chi connectivity index (χ1) is 10.5. The van der Waals surface area contributed by atoms with Crippen molar-refractivity contribution in [2.75, 3.05) is 0 Å². The number of hydrogen-bond donors (Lipinski definition) is 4. The smallest absolute Gasteiger partial charge is 1.00 e. The number of ether oxygens (including phenoxy) is 1. The fourth-order valence-electron chi connectivity index (χ4n) is 1.39. The summed E-state index contributed by atoms with van der Waals surface area (Å²) in [6.07, 6.45) is -3.30. The second kappa shape index (κ2) is 8.67. The van der Waals surface area contributed by atoms with Crippen molar-refractivity contribution in [2.24, 2.45) is 0 Å². The van der Waals surface area contributed by atoms with Gasteiger partial charge in [-0.25, -0.2) is 18.9 Å². The minimum atomic E-state index is -5.60. The van der Waals surface area contributed by atoms with E-state index in [9.17, 15) is 23.3 Å². The van der Waals surface area contributed by atoms with Crippen molar-refractivity contribution in [3.05, 3.63) is 35.9 Å². The van der Waals surface area contributed by atoms with Gasteiger partial charge in [0.1, 0.15) is 0 Å². The van der Waals surface area contributed by atoms with Crippen molar-refractivity contribution in [1.82, 2.24) is 0 Å². The quantitative estimate of drug-likeness (QED) is 0.223. The zero-order valence-corrected chi connectivity index (χ0v) is 14.9. The number of esters is 1. The van der Waals surface area contributed by atoms with Crippen molar-refractivity contribution in [1.29, 1.82) is 0 Å². The molecular formula is C11H11FNaO10P. The number of carbonyl (C=O) groups is 3. The van der Waals surface area contributed by atoms with Crippen LogP contribution in [-0.4, -0.2) is 49.9 Å². The van der Waals surface area contributed by atoms with Crippen molar-refractivity contribution in [3.8, 4) is 0 Å². The molecule has 4 N–H and O–H groups in total. The molecule has 0 saturated carbocycles. The molecule has 0 aliphatic carbocycles. The molecule has 1 aromatic carbocycles. The number of carboxylic acid groups (broad SMARTS) is 2. The molecule has 0 aliphatic rings.